The number of urea groups is 1. The van der Waals surface area contributed by atoms with Crippen LogP contribution in [-0.2, 0) is 0 Å². The molecule has 0 aliphatic rings. The molecule has 1 aromatic carbocycles. The quantitative estimate of drug-likeness (QED) is 0.784. The second-order valence-electron chi connectivity index (χ2n) is 4.89. The van der Waals surface area contributed by atoms with Crippen LogP contribution in [0.25, 0.3) is 0 Å². The molecule has 0 saturated carbocycles. The molecular formula is C15H16ClFN2O3. The Balaban J connectivity index is 1.87. The molecule has 2 unspecified atom stereocenters. The highest BCUT2D eigenvalue weighted by atomic mass is 35.5. The summed E-state index contributed by atoms with van der Waals surface area (Å²) in [5.41, 5.74) is -0.0104. The van der Waals surface area contributed by atoms with Gasteiger partial charge in [0.05, 0.1) is 12.0 Å². The van der Waals surface area contributed by atoms with Crippen molar-refractivity contribution in [1.29, 1.82) is 0 Å². The van der Waals surface area contributed by atoms with E-state index >= 15 is 0 Å². The van der Waals surface area contributed by atoms with Crippen molar-refractivity contribution in [3.63, 3.8) is 0 Å². The summed E-state index contributed by atoms with van der Waals surface area (Å²) in [5.74, 6) is -0.155. The maximum atomic E-state index is 13.5. The van der Waals surface area contributed by atoms with Crippen LogP contribution in [0.15, 0.2) is 41.0 Å². The summed E-state index contributed by atoms with van der Waals surface area (Å²) in [5, 5.41) is 15.2. The van der Waals surface area contributed by atoms with Crippen LogP contribution in [0.3, 0.4) is 0 Å². The van der Waals surface area contributed by atoms with Gasteiger partial charge in [-0.05, 0) is 37.3 Å². The average Bonchev–Trinajstić information content (AvgIpc) is 2.96. The van der Waals surface area contributed by atoms with Crippen LogP contribution in [-0.4, -0.2) is 17.2 Å². The molecule has 2 rings (SSSR count). The Bertz CT molecular complexity index is 634. The summed E-state index contributed by atoms with van der Waals surface area (Å²) in [6, 6.07) is 6.27. The Morgan fingerprint density at radius 3 is 2.91 bits per heavy atom. The molecule has 0 bridgehead atoms. The van der Waals surface area contributed by atoms with Crippen molar-refractivity contribution in [1.82, 2.24) is 5.32 Å². The average molecular weight is 327 g/mol. The molecule has 2 aromatic rings. The number of carbonyl (C=O) groups excluding carboxylic acids is 1. The van der Waals surface area contributed by atoms with Crippen molar-refractivity contribution in [3.05, 3.63) is 53.2 Å². The van der Waals surface area contributed by atoms with Crippen LogP contribution in [0.1, 0.15) is 25.2 Å². The van der Waals surface area contributed by atoms with Gasteiger partial charge in [0.15, 0.2) is 0 Å². The minimum absolute atomic E-state index is 0.0104. The van der Waals surface area contributed by atoms with Gasteiger partial charge in [-0.25, -0.2) is 9.18 Å². The van der Waals surface area contributed by atoms with Gasteiger partial charge in [0.25, 0.3) is 0 Å². The van der Waals surface area contributed by atoms with Crippen LogP contribution < -0.4 is 10.6 Å². The van der Waals surface area contributed by atoms with Crippen molar-refractivity contribution in [2.24, 2.45) is 0 Å². The normalized spacial score (nSPS) is 13.5. The molecule has 5 nitrogen and oxygen atoms in total. The van der Waals surface area contributed by atoms with Gasteiger partial charge >= 0.3 is 6.03 Å². The molecule has 118 valence electrons. The Hall–Kier alpha value is -2.05. The predicted molar refractivity (Wildman–Crippen MR) is 81.3 cm³/mol. The summed E-state index contributed by atoms with van der Waals surface area (Å²) in [4.78, 5) is 11.8. The molecule has 1 aromatic heterocycles. The smallest absolute Gasteiger partial charge is 0.319 e. The zero-order valence-electron chi connectivity index (χ0n) is 11.8. The van der Waals surface area contributed by atoms with E-state index in [1.807, 2.05) is 0 Å². The van der Waals surface area contributed by atoms with Gasteiger partial charge in [-0.1, -0.05) is 11.6 Å². The molecule has 2 amide bonds. The zero-order chi connectivity index (χ0) is 16.1. The molecule has 0 aliphatic heterocycles. The van der Waals surface area contributed by atoms with Gasteiger partial charge in [0.1, 0.15) is 17.7 Å². The minimum atomic E-state index is -0.826. The summed E-state index contributed by atoms with van der Waals surface area (Å²) in [6.07, 6.45) is 0.901. The van der Waals surface area contributed by atoms with Crippen LogP contribution in [0, 0.1) is 5.82 Å². The SMILES string of the molecule is CC(CC(O)c1ccco1)NC(=O)Nc1cc(Cl)ccc1F. The number of aliphatic hydroxyl groups excluding tert-OH is 1. The van der Waals surface area contributed by atoms with E-state index in [-0.39, 0.29) is 18.2 Å². The fourth-order valence-corrected chi connectivity index (χ4v) is 2.14. The van der Waals surface area contributed by atoms with Gasteiger partial charge in [0, 0.05) is 17.5 Å². The van der Waals surface area contributed by atoms with Crippen molar-refractivity contribution in [2.45, 2.75) is 25.5 Å². The second kappa shape index (κ2) is 7.29. The van der Waals surface area contributed by atoms with Gasteiger partial charge in [-0.15, -0.1) is 0 Å². The van der Waals surface area contributed by atoms with E-state index in [0.717, 1.165) is 0 Å². The van der Waals surface area contributed by atoms with Gasteiger partial charge < -0.3 is 20.2 Å². The van der Waals surface area contributed by atoms with E-state index in [9.17, 15) is 14.3 Å². The Morgan fingerprint density at radius 1 is 1.45 bits per heavy atom. The predicted octanol–water partition coefficient (Wildman–Crippen LogP) is 3.71. The third-order valence-electron chi connectivity index (χ3n) is 3.00. The molecule has 2 atom stereocenters. The number of carbonyl (C=O) groups is 1. The molecule has 0 fully saturated rings. The molecule has 1 heterocycles. The van der Waals surface area contributed by atoms with E-state index in [0.29, 0.717) is 10.8 Å². The van der Waals surface area contributed by atoms with Gasteiger partial charge in [-0.2, -0.15) is 0 Å². The fourth-order valence-electron chi connectivity index (χ4n) is 1.97. The lowest BCUT2D eigenvalue weighted by Crippen LogP contribution is -2.37. The first kappa shape index (κ1) is 16.3. The minimum Gasteiger partial charge on any atom is -0.467 e. The van der Waals surface area contributed by atoms with Crippen molar-refractivity contribution >= 4 is 23.3 Å². The van der Waals surface area contributed by atoms with Crippen molar-refractivity contribution < 1.29 is 18.7 Å². The highest BCUT2D eigenvalue weighted by molar-refractivity contribution is 6.30. The molecule has 0 saturated heterocycles. The fraction of sp³-hybridized carbons (Fsp3) is 0.267. The monoisotopic (exact) mass is 326 g/mol. The van der Waals surface area contributed by atoms with Crippen LogP contribution in [0.4, 0.5) is 14.9 Å². The first-order chi connectivity index (χ1) is 10.5. The third-order valence-corrected chi connectivity index (χ3v) is 3.24. The molecule has 22 heavy (non-hydrogen) atoms. The summed E-state index contributed by atoms with van der Waals surface area (Å²) < 4.78 is 18.6. The number of halogens is 2. The summed E-state index contributed by atoms with van der Waals surface area (Å²) >= 11 is 5.75. The number of anilines is 1. The molecule has 3 N–H and O–H groups in total. The molecule has 0 aliphatic carbocycles. The standard InChI is InChI=1S/C15H16ClFN2O3/c1-9(7-13(20)14-3-2-6-22-14)18-15(21)19-12-8-10(16)4-5-11(12)17/h2-6,8-9,13,20H,7H2,1H3,(H2,18,19,21). The lowest BCUT2D eigenvalue weighted by Gasteiger charge is -2.17. The molecular weight excluding hydrogens is 311 g/mol. The number of hydrogen-bond donors (Lipinski definition) is 3. The second-order valence-corrected chi connectivity index (χ2v) is 5.33. The summed E-state index contributed by atoms with van der Waals surface area (Å²) in [6.45, 7) is 1.72. The number of hydrogen-bond acceptors (Lipinski definition) is 3. The van der Waals surface area contributed by atoms with Gasteiger partial charge in [0.2, 0.25) is 0 Å². The topological polar surface area (TPSA) is 74.5 Å². The first-order valence-electron chi connectivity index (χ1n) is 6.69. The van der Waals surface area contributed by atoms with Gasteiger partial charge in [-0.3, -0.25) is 0 Å². The number of nitrogens with one attached hydrogen (secondary N) is 2. The number of furan rings is 1. The van der Waals surface area contributed by atoms with E-state index in [1.54, 1.807) is 19.1 Å². The number of aliphatic hydroxyl groups is 1. The maximum Gasteiger partial charge on any atom is 0.319 e. The lowest BCUT2D eigenvalue weighted by molar-refractivity contribution is 0.130. The number of benzene rings is 1. The van der Waals surface area contributed by atoms with Crippen molar-refractivity contribution in [3.8, 4) is 0 Å². The van der Waals surface area contributed by atoms with Crippen LogP contribution in [0.2, 0.25) is 5.02 Å². The highest BCUT2D eigenvalue weighted by Crippen LogP contribution is 2.20. The van der Waals surface area contributed by atoms with Crippen LogP contribution >= 0.6 is 11.6 Å². The van der Waals surface area contributed by atoms with E-state index in [2.05, 4.69) is 10.6 Å². The highest BCUT2D eigenvalue weighted by Gasteiger charge is 2.17. The Morgan fingerprint density at radius 2 is 2.23 bits per heavy atom. The Labute approximate surface area is 132 Å². The molecule has 7 heteroatoms. The van der Waals surface area contributed by atoms with Crippen molar-refractivity contribution in [2.75, 3.05) is 5.32 Å². The number of amides is 2. The maximum absolute atomic E-state index is 13.5. The number of rotatable bonds is 5. The lowest BCUT2D eigenvalue weighted by atomic mass is 10.1. The molecule has 0 spiro atoms. The summed E-state index contributed by atoms with van der Waals surface area (Å²) in [7, 11) is 0. The van der Waals surface area contributed by atoms with E-state index in [1.165, 1.54) is 24.5 Å². The third kappa shape index (κ3) is 4.47. The molecule has 0 radical (unpaired) electrons. The largest absolute Gasteiger partial charge is 0.467 e. The first-order valence-corrected chi connectivity index (χ1v) is 7.07. The van der Waals surface area contributed by atoms with Crippen LogP contribution in [0.5, 0.6) is 0 Å². The van der Waals surface area contributed by atoms with E-state index in [4.69, 9.17) is 16.0 Å². The Kier molecular flexibility index (Phi) is 5.41. The van der Waals surface area contributed by atoms with E-state index < -0.39 is 18.0 Å². The zero-order valence-corrected chi connectivity index (χ0v) is 12.6.